The smallest absolute Gasteiger partial charge is 0.272 e. The Morgan fingerprint density at radius 2 is 1.96 bits per heavy atom. The number of hydrogen-bond donors (Lipinski definition) is 2. The number of imidazole rings is 1. The van der Waals surface area contributed by atoms with Crippen molar-refractivity contribution in [2.24, 2.45) is 0 Å². The fourth-order valence-electron chi connectivity index (χ4n) is 2.53. The molecule has 2 aromatic heterocycles. The molecule has 3 rings (SSSR count). The molecule has 0 aliphatic heterocycles. The lowest BCUT2D eigenvalue weighted by atomic mass is 10.0. The van der Waals surface area contributed by atoms with E-state index in [1.54, 1.807) is 16.7 Å². The van der Waals surface area contributed by atoms with Crippen molar-refractivity contribution in [2.45, 2.75) is 12.5 Å². The summed E-state index contributed by atoms with van der Waals surface area (Å²) >= 11 is 6.13. The van der Waals surface area contributed by atoms with Gasteiger partial charge in [-0.1, -0.05) is 48.0 Å². The predicted molar refractivity (Wildman–Crippen MR) is 88.6 cm³/mol. The molecule has 0 radical (unpaired) electrons. The van der Waals surface area contributed by atoms with Gasteiger partial charge in [0.15, 0.2) is 10.8 Å². The maximum atomic E-state index is 12.7. The first-order valence-electron chi connectivity index (χ1n) is 7.30. The van der Waals surface area contributed by atoms with Crippen molar-refractivity contribution in [3.05, 3.63) is 71.1 Å². The fourth-order valence-corrected chi connectivity index (χ4v) is 2.80. The number of fused-ring (bicyclic) bond motifs is 1. The molecule has 0 saturated carbocycles. The maximum Gasteiger partial charge on any atom is 0.272 e. The van der Waals surface area contributed by atoms with E-state index in [9.17, 15) is 9.90 Å². The van der Waals surface area contributed by atoms with Crippen LogP contribution in [0.15, 0.2) is 54.7 Å². The van der Waals surface area contributed by atoms with E-state index in [-0.39, 0.29) is 23.7 Å². The summed E-state index contributed by atoms with van der Waals surface area (Å²) < 4.78 is 1.65. The highest BCUT2D eigenvalue weighted by Gasteiger charge is 2.21. The number of nitrogens with zero attached hydrogens (tertiary/aromatic N) is 2. The Morgan fingerprint density at radius 1 is 1.22 bits per heavy atom. The van der Waals surface area contributed by atoms with E-state index in [1.807, 2.05) is 42.5 Å². The minimum atomic E-state index is -0.323. The van der Waals surface area contributed by atoms with E-state index in [4.69, 9.17) is 11.6 Å². The molecule has 3 aromatic rings. The molecule has 5 nitrogen and oxygen atoms in total. The average Bonchev–Trinajstić information content (AvgIpc) is 2.91. The van der Waals surface area contributed by atoms with Gasteiger partial charge in [0, 0.05) is 12.8 Å². The molecule has 2 N–H and O–H groups in total. The molecule has 6 heteroatoms. The molecule has 1 aromatic carbocycles. The average molecular weight is 330 g/mol. The van der Waals surface area contributed by atoms with Gasteiger partial charge < -0.3 is 10.4 Å². The van der Waals surface area contributed by atoms with Gasteiger partial charge in [0.1, 0.15) is 5.65 Å². The molecule has 23 heavy (non-hydrogen) atoms. The monoisotopic (exact) mass is 329 g/mol. The Bertz CT molecular complexity index is 817. The van der Waals surface area contributed by atoms with Crippen molar-refractivity contribution in [2.75, 3.05) is 6.61 Å². The van der Waals surface area contributed by atoms with Crippen molar-refractivity contribution in [3.8, 4) is 0 Å². The molecule has 0 fully saturated rings. The first-order chi connectivity index (χ1) is 11.2. The highest BCUT2D eigenvalue weighted by Crippen LogP contribution is 2.21. The molecule has 0 bridgehead atoms. The lowest BCUT2D eigenvalue weighted by molar-refractivity contribution is 0.0924. The van der Waals surface area contributed by atoms with Gasteiger partial charge in [-0.25, -0.2) is 4.98 Å². The largest absolute Gasteiger partial charge is 0.396 e. The minimum absolute atomic E-state index is 0.0271. The summed E-state index contributed by atoms with van der Waals surface area (Å²) in [5, 5.41) is 12.4. The Morgan fingerprint density at radius 3 is 2.70 bits per heavy atom. The van der Waals surface area contributed by atoms with Crippen LogP contribution in [0.4, 0.5) is 0 Å². The Kier molecular flexibility index (Phi) is 4.60. The molecule has 1 unspecified atom stereocenters. The number of pyridine rings is 1. The number of nitrogens with one attached hydrogen (secondary N) is 1. The lowest BCUT2D eigenvalue weighted by Crippen LogP contribution is -2.30. The molecule has 0 saturated heterocycles. The van der Waals surface area contributed by atoms with Crippen molar-refractivity contribution in [3.63, 3.8) is 0 Å². The Labute approximate surface area is 138 Å². The standard InChI is InChI=1S/C17H16ClN3O2/c18-16-15(21-10-5-4-8-14(21)20-16)17(23)19-13(9-11-22)12-6-2-1-3-7-12/h1-8,10,13,22H,9,11H2,(H,19,23). The van der Waals surface area contributed by atoms with Gasteiger partial charge in [-0.2, -0.15) is 0 Å². The number of rotatable bonds is 5. The number of benzene rings is 1. The van der Waals surface area contributed by atoms with Crippen LogP contribution in [0.1, 0.15) is 28.5 Å². The molecule has 0 spiro atoms. The third-order valence-electron chi connectivity index (χ3n) is 3.63. The van der Waals surface area contributed by atoms with Gasteiger partial charge in [0.25, 0.3) is 5.91 Å². The zero-order valence-corrected chi connectivity index (χ0v) is 13.1. The number of aromatic nitrogens is 2. The number of carbonyl (C=O) groups excluding carboxylic acids is 1. The molecule has 0 aliphatic rings. The van der Waals surface area contributed by atoms with Crippen LogP contribution < -0.4 is 5.32 Å². The quantitative estimate of drug-likeness (QED) is 0.756. The number of aliphatic hydroxyl groups excluding tert-OH is 1. The zero-order valence-electron chi connectivity index (χ0n) is 12.3. The van der Waals surface area contributed by atoms with E-state index >= 15 is 0 Å². The van der Waals surface area contributed by atoms with Gasteiger partial charge in [0.05, 0.1) is 6.04 Å². The maximum absolute atomic E-state index is 12.7. The number of hydrogen-bond acceptors (Lipinski definition) is 3. The van der Waals surface area contributed by atoms with Gasteiger partial charge in [-0.15, -0.1) is 0 Å². The van der Waals surface area contributed by atoms with Crippen molar-refractivity contribution >= 4 is 23.2 Å². The molecular formula is C17H16ClN3O2. The summed E-state index contributed by atoms with van der Waals surface area (Å²) in [5.41, 5.74) is 1.84. The fraction of sp³-hybridized carbons (Fsp3) is 0.176. The van der Waals surface area contributed by atoms with E-state index in [0.29, 0.717) is 17.8 Å². The van der Waals surface area contributed by atoms with Crippen LogP contribution in [0.25, 0.3) is 5.65 Å². The van der Waals surface area contributed by atoms with Crippen LogP contribution in [0.3, 0.4) is 0 Å². The van der Waals surface area contributed by atoms with Crippen LogP contribution in [0, 0.1) is 0 Å². The summed E-state index contributed by atoms with van der Waals surface area (Å²) in [5.74, 6) is -0.323. The van der Waals surface area contributed by atoms with Crippen molar-refractivity contribution in [1.29, 1.82) is 0 Å². The van der Waals surface area contributed by atoms with E-state index < -0.39 is 0 Å². The zero-order chi connectivity index (χ0) is 16.2. The molecule has 118 valence electrons. The summed E-state index contributed by atoms with van der Waals surface area (Å²) in [6, 6.07) is 14.7. The van der Waals surface area contributed by atoms with Crippen LogP contribution in [-0.4, -0.2) is 27.0 Å². The van der Waals surface area contributed by atoms with Crippen LogP contribution in [0.2, 0.25) is 5.15 Å². The molecular weight excluding hydrogens is 314 g/mol. The molecule has 2 heterocycles. The highest BCUT2D eigenvalue weighted by atomic mass is 35.5. The number of halogens is 1. The van der Waals surface area contributed by atoms with E-state index in [0.717, 1.165) is 5.56 Å². The topological polar surface area (TPSA) is 66.6 Å². The highest BCUT2D eigenvalue weighted by molar-refractivity contribution is 6.32. The number of carbonyl (C=O) groups is 1. The van der Waals surface area contributed by atoms with Crippen LogP contribution in [0.5, 0.6) is 0 Å². The van der Waals surface area contributed by atoms with Crippen LogP contribution >= 0.6 is 11.6 Å². The summed E-state index contributed by atoms with van der Waals surface area (Å²) in [6.45, 7) is -0.0271. The Balaban J connectivity index is 1.91. The second-order valence-electron chi connectivity index (χ2n) is 5.13. The summed E-state index contributed by atoms with van der Waals surface area (Å²) in [6.07, 6.45) is 2.16. The minimum Gasteiger partial charge on any atom is -0.396 e. The van der Waals surface area contributed by atoms with Gasteiger partial charge in [-0.05, 0) is 24.1 Å². The van der Waals surface area contributed by atoms with Crippen LogP contribution in [-0.2, 0) is 0 Å². The first kappa shape index (κ1) is 15.5. The van der Waals surface area contributed by atoms with Gasteiger partial charge in [-0.3, -0.25) is 9.20 Å². The molecule has 0 aliphatic carbocycles. The van der Waals surface area contributed by atoms with Crippen molar-refractivity contribution < 1.29 is 9.90 Å². The third-order valence-corrected chi connectivity index (χ3v) is 3.89. The first-order valence-corrected chi connectivity index (χ1v) is 7.67. The lowest BCUT2D eigenvalue weighted by Gasteiger charge is -2.18. The summed E-state index contributed by atoms with van der Waals surface area (Å²) in [7, 11) is 0. The van der Waals surface area contributed by atoms with E-state index in [1.165, 1.54) is 0 Å². The Hall–Kier alpha value is -2.37. The molecule has 1 atom stereocenters. The number of aliphatic hydroxyl groups is 1. The van der Waals surface area contributed by atoms with Gasteiger partial charge >= 0.3 is 0 Å². The summed E-state index contributed by atoms with van der Waals surface area (Å²) in [4.78, 5) is 16.8. The van der Waals surface area contributed by atoms with Crippen molar-refractivity contribution in [1.82, 2.24) is 14.7 Å². The molecule has 1 amide bonds. The third kappa shape index (κ3) is 3.21. The van der Waals surface area contributed by atoms with Gasteiger partial charge in [0.2, 0.25) is 0 Å². The normalized spacial score (nSPS) is 12.3. The second-order valence-corrected chi connectivity index (χ2v) is 5.49. The number of amides is 1. The van der Waals surface area contributed by atoms with E-state index in [2.05, 4.69) is 10.3 Å². The predicted octanol–water partition coefficient (Wildman–Crippen LogP) is 2.84. The SMILES string of the molecule is O=C(NC(CCO)c1ccccc1)c1c(Cl)nc2ccccn12. The second kappa shape index (κ2) is 6.81.